The summed E-state index contributed by atoms with van der Waals surface area (Å²) in [7, 11) is 0. The molecule has 5 nitrogen and oxygen atoms in total. The van der Waals surface area contributed by atoms with E-state index in [1.54, 1.807) is 24.4 Å². The third-order valence-electron chi connectivity index (χ3n) is 5.72. The standard InChI is InChI=1S/C25H22Cl2FN3O2/c1-14-9-20(23(12-29-14)33-22-4-2-3-19(24(22)28)15-5-6-15)25-30-18(13-32-31-25)10-16-7-8-17(26)11-21(16)27/h2-4,7-9,11-12,15,18H,5-6,10,13H2,1H3,(H,30,31)/t18-/m1/s1. The zero-order valence-electron chi connectivity index (χ0n) is 17.9. The Morgan fingerprint density at radius 3 is 2.79 bits per heavy atom. The second-order valence-corrected chi connectivity index (χ2v) is 9.19. The summed E-state index contributed by atoms with van der Waals surface area (Å²) in [6.45, 7) is 2.25. The summed E-state index contributed by atoms with van der Waals surface area (Å²) in [6.07, 6.45) is 4.18. The predicted octanol–water partition coefficient (Wildman–Crippen LogP) is 6.40. The Hall–Kier alpha value is -2.67. The molecule has 3 aromatic rings. The minimum absolute atomic E-state index is 0.170. The highest BCUT2D eigenvalue weighted by Crippen LogP contribution is 2.43. The molecule has 1 aliphatic carbocycles. The van der Waals surface area contributed by atoms with Crippen molar-refractivity contribution in [3.05, 3.63) is 86.9 Å². The van der Waals surface area contributed by atoms with Gasteiger partial charge in [0, 0.05) is 15.7 Å². The molecule has 2 aliphatic rings. The van der Waals surface area contributed by atoms with Crippen LogP contribution in [0.4, 0.5) is 4.39 Å². The lowest BCUT2D eigenvalue weighted by Crippen LogP contribution is -2.37. The van der Waals surface area contributed by atoms with E-state index in [9.17, 15) is 0 Å². The molecule has 2 aromatic carbocycles. The molecule has 8 heteroatoms. The molecular formula is C25H22Cl2FN3O2. The third-order valence-corrected chi connectivity index (χ3v) is 6.30. The molecule has 0 saturated heterocycles. The molecule has 0 bridgehead atoms. The molecule has 0 amide bonds. The van der Waals surface area contributed by atoms with Gasteiger partial charge >= 0.3 is 0 Å². The fourth-order valence-corrected chi connectivity index (χ4v) is 4.36. The van der Waals surface area contributed by atoms with Crippen LogP contribution in [0, 0.1) is 12.7 Å². The molecule has 1 fully saturated rings. The van der Waals surface area contributed by atoms with E-state index in [2.05, 4.69) is 10.5 Å². The largest absolute Gasteiger partial charge is 0.452 e. The van der Waals surface area contributed by atoms with E-state index in [0.717, 1.165) is 24.1 Å². The zero-order valence-corrected chi connectivity index (χ0v) is 19.5. The van der Waals surface area contributed by atoms with Crippen LogP contribution in [0.2, 0.25) is 10.0 Å². The summed E-state index contributed by atoms with van der Waals surface area (Å²) in [5, 5.41) is 1.18. The number of benzene rings is 2. The number of hydrogen-bond donors (Lipinski definition) is 1. The first-order chi connectivity index (χ1) is 16.0. The summed E-state index contributed by atoms with van der Waals surface area (Å²) in [4.78, 5) is 14.8. The summed E-state index contributed by atoms with van der Waals surface area (Å²) in [5.74, 6) is 1.02. The van der Waals surface area contributed by atoms with Crippen molar-refractivity contribution in [2.75, 3.05) is 6.61 Å². The first kappa shape index (κ1) is 22.1. The van der Waals surface area contributed by atoms with Gasteiger partial charge in [0.25, 0.3) is 0 Å². The van der Waals surface area contributed by atoms with E-state index < -0.39 is 0 Å². The van der Waals surface area contributed by atoms with Gasteiger partial charge in [-0.3, -0.25) is 14.8 Å². The van der Waals surface area contributed by atoms with E-state index in [4.69, 9.17) is 37.8 Å². The number of aromatic nitrogens is 1. The van der Waals surface area contributed by atoms with Crippen LogP contribution in [-0.2, 0) is 11.3 Å². The normalized spacial score (nSPS) is 17.9. The molecule has 1 atom stereocenters. The number of hydrogen-bond acceptors (Lipinski definition) is 5. The molecule has 33 heavy (non-hydrogen) atoms. The van der Waals surface area contributed by atoms with Crippen molar-refractivity contribution in [3.8, 4) is 11.5 Å². The third kappa shape index (κ3) is 4.98. The lowest BCUT2D eigenvalue weighted by molar-refractivity contribution is 0.0623. The first-order valence-corrected chi connectivity index (χ1v) is 11.6. The van der Waals surface area contributed by atoms with Crippen LogP contribution in [0.3, 0.4) is 0 Å². The Morgan fingerprint density at radius 1 is 1.15 bits per heavy atom. The first-order valence-electron chi connectivity index (χ1n) is 10.8. The Morgan fingerprint density at radius 2 is 2.00 bits per heavy atom. The molecular weight excluding hydrogens is 464 g/mol. The minimum atomic E-state index is -0.323. The van der Waals surface area contributed by atoms with Crippen LogP contribution < -0.4 is 10.2 Å². The molecule has 0 radical (unpaired) electrons. The van der Waals surface area contributed by atoms with Crippen LogP contribution in [0.25, 0.3) is 0 Å². The molecule has 1 aromatic heterocycles. The van der Waals surface area contributed by atoms with Gasteiger partial charge in [0.2, 0.25) is 0 Å². The van der Waals surface area contributed by atoms with Crippen molar-refractivity contribution in [2.45, 2.75) is 38.1 Å². The summed E-state index contributed by atoms with van der Waals surface area (Å²) in [6, 6.07) is 12.3. The number of aryl methyl sites for hydroxylation is 1. The fourth-order valence-electron chi connectivity index (χ4n) is 3.87. The number of pyridine rings is 1. The number of nitrogens with zero attached hydrogens (tertiary/aromatic N) is 2. The lowest BCUT2D eigenvalue weighted by atomic mass is 10.1. The average molecular weight is 486 g/mol. The summed E-state index contributed by atoms with van der Waals surface area (Å²) >= 11 is 12.3. The van der Waals surface area contributed by atoms with E-state index >= 15 is 4.39 Å². The lowest BCUT2D eigenvalue weighted by Gasteiger charge is -2.23. The van der Waals surface area contributed by atoms with Gasteiger partial charge in [-0.15, -0.1) is 0 Å². The van der Waals surface area contributed by atoms with Gasteiger partial charge in [-0.1, -0.05) is 41.4 Å². The molecule has 0 unspecified atom stereocenters. The van der Waals surface area contributed by atoms with Crippen molar-refractivity contribution in [2.24, 2.45) is 4.99 Å². The molecule has 1 aliphatic heterocycles. The van der Waals surface area contributed by atoms with Crippen LogP contribution in [0.1, 0.15) is 41.1 Å². The highest BCUT2D eigenvalue weighted by molar-refractivity contribution is 6.35. The van der Waals surface area contributed by atoms with Gasteiger partial charge in [-0.05, 0) is 67.5 Å². The van der Waals surface area contributed by atoms with Crippen LogP contribution in [0.5, 0.6) is 11.5 Å². The van der Waals surface area contributed by atoms with Gasteiger partial charge in [0.15, 0.2) is 23.2 Å². The number of nitrogens with one attached hydrogen (secondary N) is 1. The zero-order chi connectivity index (χ0) is 22.9. The van der Waals surface area contributed by atoms with Crippen LogP contribution in [-0.4, -0.2) is 23.5 Å². The monoisotopic (exact) mass is 485 g/mol. The van der Waals surface area contributed by atoms with Gasteiger partial charge in [0.1, 0.15) is 0 Å². The van der Waals surface area contributed by atoms with Crippen molar-refractivity contribution >= 4 is 29.0 Å². The quantitative estimate of drug-likeness (QED) is 0.438. The molecule has 2 heterocycles. The van der Waals surface area contributed by atoms with Gasteiger partial charge in [0.05, 0.1) is 24.4 Å². The summed E-state index contributed by atoms with van der Waals surface area (Å²) in [5.41, 5.74) is 5.93. The molecule has 5 rings (SSSR count). The molecule has 1 saturated carbocycles. The Labute approximate surface area is 201 Å². The Bertz CT molecular complexity index is 1230. The number of hydroxylamine groups is 1. The maximum atomic E-state index is 15.0. The minimum Gasteiger partial charge on any atom is -0.452 e. The fraction of sp³-hybridized carbons (Fsp3) is 0.280. The molecule has 1 N–H and O–H groups in total. The van der Waals surface area contributed by atoms with E-state index in [1.165, 1.54) is 0 Å². The number of amidine groups is 1. The number of aliphatic imine (C=N–C) groups is 1. The Balaban J connectivity index is 1.44. The topological polar surface area (TPSA) is 55.7 Å². The summed E-state index contributed by atoms with van der Waals surface area (Å²) < 4.78 is 21.0. The van der Waals surface area contributed by atoms with Gasteiger partial charge in [-0.25, -0.2) is 9.87 Å². The molecule has 0 spiro atoms. The van der Waals surface area contributed by atoms with Gasteiger partial charge < -0.3 is 4.74 Å². The maximum absolute atomic E-state index is 15.0. The van der Waals surface area contributed by atoms with E-state index in [1.807, 2.05) is 31.2 Å². The van der Waals surface area contributed by atoms with Crippen LogP contribution in [0.15, 0.2) is 53.7 Å². The second kappa shape index (κ2) is 9.29. The second-order valence-electron chi connectivity index (χ2n) is 8.34. The predicted molar refractivity (Wildman–Crippen MR) is 127 cm³/mol. The van der Waals surface area contributed by atoms with Gasteiger partial charge in [-0.2, -0.15) is 0 Å². The van der Waals surface area contributed by atoms with Crippen molar-refractivity contribution in [1.82, 2.24) is 10.5 Å². The Kier molecular flexibility index (Phi) is 6.23. The maximum Gasteiger partial charge on any atom is 0.169 e. The van der Waals surface area contributed by atoms with E-state index in [0.29, 0.717) is 45.8 Å². The van der Waals surface area contributed by atoms with E-state index in [-0.39, 0.29) is 23.5 Å². The van der Waals surface area contributed by atoms with Crippen molar-refractivity contribution in [1.29, 1.82) is 0 Å². The van der Waals surface area contributed by atoms with Crippen LogP contribution >= 0.6 is 23.2 Å². The number of rotatable bonds is 6. The SMILES string of the molecule is Cc1cc(C2=N[C@H](Cc3ccc(Cl)cc3Cl)CON2)c(Oc2cccc(C3CC3)c2F)cn1. The van der Waals surface area contributed by atoms with Crippen molar-refractivity contribution in [3.63, 3.8) is 0 Å². The smallest absolute Gasteiger partial charge is 0.169 e. The average Bonchev–Trinajstić information content (AvgIpc) is 3.64. The highest BCUT2D eigenvalue weighted by atomic mass is 35.5. The number of ether oxygens (including phenoxy) is 1. The highest BCUT2D eigenvalue weighted by Gasteiger charge is 2.28. The van der Waals surface area contributed by atoms with Crippen molar-refractivity contribution < 1.29 is 14.0 Å². The molecule has 170 valence electrons. The number of halogens is 3.